The van der Waals surface area contributed by atoms with Gasteiger partial charge in [-0.05, 0) is 49.4 Å². The first-order valence-electron chi connectivity index (χ1n) is 10.0. The number of pyridine rings is 1. The van der Waals surface area contributed by atoms with E-state index in [4.69, 9.17) is 9.84 Å². The van der Waals surface area contributed by atoms with Gasteiger partial charge in [0, 0.05) is 17.1 Å². The van der Waals surface area contributed by atoms with E-state index in [0.29, 0.717) is 28.9 Å². The summed E-state index contributed by atoms with van der Waals surface area (Å²) < 4.78 is 40.0. The van der Waals surface area contributed by atoms with E-state index in [1.807, 2.05) is 0 Å². The van der Waals surface area contributed by atoms with Gasteiger partial charge in [-0.2, -0.15) is 0 Å². The van der Waals surface area contributed by atoms with E-state index < -0.39 is 29.5 Å². The third-order valence-corrected chi connectivity index (χ3v) is 4.24. The number of aromatic nitrogens is 1. The third kappa shape index (κ3) is 7.77. The zero-order valence-corrected chi connectivity index (χ0v) is 19.0. The summed E-state index contributed by atoms with van der Waals surface area (Å²) in [5.74, 6) is -3.07. The number of fused-ring (bicyclic) bond motifs is 1. The number of carbonyl (C=O) groups is 3. The van der Waals surface area contributed by atoms with E-state index in [2.05, 4.69) is 19.8 Å². The van der Waals surface area contributed by atoms with Crippen LogP contribution in [0, 0.1) is 11.6 Å². The SMILES string of the molecule is CCOc1cc(C(=O)O)nc2ccc(F)cc12.COC(=O)C=C(Nc1ccc(F)cc1)C(=O)OC. The molecular formula is C24H22F2N2O7. The van der Waals surface area contributed by atoms with Crippen molar-refractivity contribution in [1.82, 2.24) is 4.98 Å². The van der Waals surface area contributed by atoms with E-state index in [0.717, 1.165) is 6.08 Å². The van der Waals surface area contributed by atoms with Crippen molar-refractivity contribution < 1.29 is 42.5 Å². The number of carboxylic acids is 1. The van der Waals surface area contributed by atoms with Crippen LogP contribution in [0.5, 0.6) is 5.75 Å². The number of rotatable bonds is 7. The number of aromatic carboxylic acids is 1. The Labute approximate surface area is 198 Å². The molecule has 184 valence electrons. The molecule has 0 amide bonds. The van der Waals surface area contributed by atoms with Crippen LogP contribution in [-0.2, 0) is 19.1 Å². The second-order valence-electron chi connectivity index (χ2n) is 6.61. The Balaban J connectivity index is 0.000000247. The van der Waals surface area contributed by atoms with Crippen LogP contribution in [0.2, 0.25) is 0 Å². The average molecular weight is 488 g/mol. The summed E-state index contributed by atoms with van der Waals surface area (Å²) in [6.45, 7) is 2.14. The second-order valence-corrected chi connectivity index (χ2v) is 6.61. The normalized spacial score (nSPS) is 10.6. The predicted molar refractivity (Wildman–Crippen MR) is 122 cm³/mol. The summed E-state index contributed by atoms with van der Waals surface area (Å²) in [5.41, 5.74) is 0.621. The van der Waals surface area contributed by atoms with Crippen LogP contribution >= 0.6 is 0 Å². The minimum atomic E-state index is -1.14. The summed E-state index contributed by atoms with van der Waals surface area (Å²) in [4.78, 5) is 37.3. The highest BCUT2D eigenvalue weighted by molar-refractivity contribution is 5.98. The van der Waals surface area contributed by atoms with Crippen molar-refractivity contribution in [2.75, 3.05) is 26.1 Å². The van der Waals surface area contributed by atoms with Crippen molar-refractivity contribution in [3.05, 3.63) is 77.6 Å². The van der Waals surface area contributed by atoms with Crippen molar-refractivity contribution in [2.24, 2.45) is 0 Å². The first-order valence-corrected chi connectivity index (χ1v) is 10.0. The van der Waals surface area contributed by atoms with Crippen LogP contribution < -0.4 is 10.1 Å². The summed E-state index contributed by atoms with van der Waals surface area (Å²) in [6, 6.07) is 10.5. The molecule has 0 unspecified atom stereocenters. The topological polar surface area (TPSA) is 124 Å². The number of benzene rings is 2. The fraction of sp³-hybridized carbons (Fsp3) is 0.167. The maximum absolute atomic E-state index is 13.1. The largest absolute Gasteiger partial charge is 0.493 e. The van der Waals surface area contributed by atoms with Crippen LogP contribution in [0.3, 0.4) is 0 Å². The molecule has 3 aromatic rings. The summed E-state index contributed by atoms with van der Waals surface area (Å²) in [7, 11) is 2.37. The second kappa shape index (κ2) is 12.6. The highest BCUT2D eigenvalue weighted by Gasteiger charge is 2.13. The number of methoxy groups -OCH3 is 2. The van der Waals surface area contributed by atoms with E-state index in [-0.39, 0.29) is 11.4 Å². The maximum Gasteiger partial charge on any atom is 0.354 e. The number of carboxylic acid groups (broad SMARTS) is 1. The highest BCUT2D eigenvalue weighted by atomic mass is 19.1. The Bertz CT molecular complexity index is 1240. The van der Waals surface area contributed by atoms with E-state index >= 15 is 0 Å². The van der Waals surface area contributed by atoms with Crippen molar-refractivity contribution >= 4 is 34.5 Å². The molecule has 1 aromatic heterocycles. The number of halogens is 2. The Hall–Kier alpha value is -4.54. The van der Waals surface area contributed by atoms with Gasteiger partial charge in [0.2, 0.25) is 0 Å². The number of nitrogens with zero attached hydrogens (tertiary/aromatic N) is 1. The van der Waals surface area contributed by atoms with Gasteiger partial charge in [0.25, 0.3) is 0 Å². The molecule has 0 aliphatic carbocycles. The Morgan fingerprint density at radius 3 is 2.23 bits per heavy atom. The van der Waals surface area contributed by atoms with E-state index in [9.17, 15) is 23.2 Å². The molecule has 0 aliphatic heterocycles. The average Bonchev–Trinajstić information content (AvgIpc) is 2.85. The third-order valence-electron chi connectivity index (χ3n) is 4.24. The molecule has 9 nitrogen and oxygen atoms in total. The molecule has 3 rings (SSSR count). The highest BCUT2D eigenvalue weighted by Crippen LogP contribution is 2.26. The molecule has 0 saturated heterocycles. The lowest BCUT2D eigenvalue weighted by molar-refractivity contribution is -0.138. The smallest absolute Gasteiger partial charge is 0.354 e. The van der Waals surface area contributed by atoms with Gasteiger partial charge >= 0.3 is 17.9 Å². The van der Waals surface area contributed by atoms with Gasteiger partial charge in [0.1, 0.15) is 23.1 Å². The van der Waals surface area contributed by atoms with Gasteiger partial charge in [-0.1, -0.05) is 0 Å². The van der Waals surface area contributed by atoms with Crippen LogP contribution in [0.1, 0.15) is 17.4 Å². The van der Waals surface area contributed by atoms with Gasteiger partial charge in [0.15, 0.2) is 5.69 Å². The summed E-state index contributed by atoms with van der Waals surface area (Å²) in [6.07, 6.45) is 0.954. The number of ether oxygens (including phenoxy) is 3. The quantitative estimate of drug-likeness (QED) is 0.376. The van der Waals surface area contributed by atoms with Crippen molar-refractivity contribution in [2.45, 2.75) is 6.92 Å². The molecule has 0 spiro atoms. The fourth-order valence-electron chi connectivity index (χ4n) is 2.67. The van der Waals surface area contributed by atoms with Crippen molar-refractivity contribution in [3.8, 4) is 5.75 Å². The molecule has 2 N–H and O–H groups in total. The number of hydrogen-bond donors (Lipinski definition) is 2. The predicted octanol–water partition coefficient (Wildman–Crippen LogP) is 3.94. The molecule has 0 fully saturated rings. The molecule has 35 heavy (non-hydrogen) atoms. The van der Waals surface area contributed by atoms with Crippen LogP contribution in [0.25, 0.3) is 10.9 Å². The Morgan fingerprint density at radius 1 is 1.00 bits per heavy atom. The Morgan fingerprint density at radius 2 is 1.66 bits per heavy atom. The van der Waals surface area contributed by atoms with Gasteiger partial charge in [0.05, 0.1) is 32.4 Å². The lowest BCUT2D eigenvalue weighted by atomic mass is 10.1. The van der Waals surface area contributed by atoms with E-state index in [1.165, 1.54) is 62.8 Å². The van der Waals surface area contributed by atoms with Gasteiger partial charge < -0.3 is 24.6 Å². The zero-order chi connectivity index (χ0) is 26.0. The number of hydrogen-bond acceptors (Lipinski definition) is 8. The van der Waals surface area contributed by atoms with Crippen LogP contribution in [0.4, 0.5) is 14.5 Å². The van der Waals surface area contributed by atoms with Crippen LogP contribution in [-0.4, -0.2) is 48.8 Å². The lowest BCUT2D eigenvalue weighted by Gasteiger charge is -2.08. The monoisotopic (exact) mass is 488 g/mol. The van der Waals surface area contributed by atoms with Crippen molar-refractivity contribution in [1.29, 1.82) is 0 Å². The molecule has 0 atom stereocenters. The molecule has 0 aliphatic rings. The maximum atomic E-state index is 13.1. The molecule has 0 bridgehead atoms. The lowest BCUT2D eigenvalue weighted by Crippen LogP contribution is -2.15. The number of anilines is 1. The van der Waals surface area contributed by atoms with Gasteiger partial charge in [-0.25, -0.2) is 28.1 Å². The molecule has 1 heterocycles. The number of carbonyl (C=O) groups excluding carboxylic acids is 2. The standard InChI is InChI=1S/C12H12FNO4.C12H10FNO3/c1-17-11(15)7-10(12(16)18-2)14-9-5-3-8(13)4-6-9;1-2-17-11-6-10(12(15)16)14-9-4-3-7(13)5-8(9)11/h3-7,14H,1-2H3;3-6H,2H2,1H3,(H,15,16). The molecular weight excluding hydrogens is 466 g/mol. The fourth-order valence-corrected chi connectivity index (χ4v) is 2.67. The van der Waals surface area contributed by atoms with Gasteiger partial charge in [-0.3, -0.25) is 0 Å². The molecule has 0 saturated carbocycles. The van der Waals surface area contributed by atoms with Crippen LogP contribution in [0.15, 0.2) is 60.3 Å². The zero-order valence-electron chi connectivity index (χ0n) is 19.0. The van der Waals surface area contributed by atoms with Gasteiger partial charge in [-0.15, -0.1) is 0 Å². The minimum Gasteiger partial charge on any atom is -0.493 e. The first kappa shape index (κ1) is 26.7. The number of esters is 2. The minimum absolute atomic E-state index is 0.101. The van der Waals surface area contributed by atoms with E-state index in [1.54, 1.807) is 6.92 Å². The number of nitrogens with one attached hydrogen (secondary N) is 1. The molecule has 0 radical (unpaired) electrons. The summed E-state index contributed by atoms with van der Waals surface area (Å²) >= 11 is 0. The molecule has 11 heteroatoms. The molecule has 2 aromatic carbocycles. The first-order chi connectivity index (χ1) is 16.7. The summed E-state index contributed by atoms with van der Waals surface area (Å²) in [5, 5.41) is 12.0. The Kier molecular flexibility index (Phi) is 9.64. The van der Waals surface area contributed by atoms with Crippen molar-refractivity contribution in [3.63, 3.8) is 0 Å².